The van der Waals surface area contributed by atoms with Crippen LogP contribution in [0.25, 0.3) is 0 Å². The highest BCUT2D eigenvalue weighted by Gasteiger charge is 2.37. The summed E-state index contributed by atoms with van der Waals surface area (Å²) in [5.41, 5.74) is 0.357. The molecule has 0 bridgehead atoms. The average molecular weight is 545 g/mol. The fourth-order valence-corrected chi connectivity index (χ4v) is 5.30. The molecule has 192 valence electrons. The number of hydrogen-bond acceptors (Lipinski definition) is 8. The van der Waals surface area contributed by atoms with E-state index in [0.29, 0.717) is 5.02 Å². The first-order valence-electron chi connectivity index (χ1n) is 10.8. The third-order valence-corrected chi connectivity index (χ3v) is 7.52. The van der Waals surface area contributed by atoms with E-state index in [4.69, 9.17) is 25.8 Å². The summed E-state index contributed by atoms with van der Waals surface area (Å²) >= 11 is 5.91. The number of anilines is 2. The van der Waals surface area contributed by atoms with E-state index in [1.54, 1.807) is 24.3 Å². The molecule has 3 aromatic carbocycles. The quantitative estimate of drug-likeness (QED) is 0.467. The predicted octanol–water partition coefficient (Wildman–Crippen LogP) is 3.51. The Morgan fingerprint density at radius 1 is 0.946 bits per heavy atom. The molecule has 0 fully saturated rings. The zero-order chi connectivity index (χ0) is 26.7. The Labute approximate surface area is 217 Å². The fraction of sp³-hybridized carbons (Fsp3) is 0.160. The van der Waals surface area contributed by atoms with Crippen LogP contribution in [0.3, 0.4) is 0 Å². The zero-order valence-electron chi connectivity index (χ0n) is 19.6. The van der Waals surface area contributed by atoms with Crippen LogP contribution in [0.1, 0.15) is 20.7 Å². The lowest BCUT2D eigenvalue weighted by molar-refractivity contribution is -0.122. The molecule has 1 N–H and O–H groups in total. The minimum Gasteiger partial charge on any atom is -0.476 e. The molecule has 1 atom stereocenters. The van der Waals surface area contributed by atoms with Crippen LogP contribution in [0, 0.1) is 0 Å². The number of benzene rings is 3. The molecule has 0 aromatic heterocycles. The summed E-state index contributed by atoms with van der Waals surface area (Å²) in [5, 5.41) is 2.96. The van der Waals surface area contributed by atoms with Crippen molar-refractivity contribution in [1.29, 1.82) is 0 Å². The molecule has 4 rings (SSSR count). The van der Waals surface area contributed by atoms with Gasteiger partial charge in [-0.3, -0.25) is 9.10 Å². The number of ether oxygens (including phenoxy) is 3. The molecular formula is C25H21ClN2O8S. The maximum Gasteiger partial charge on any atom is 0.337 e. The van der Waals surface area contributed by atoms with Gasteiger partial charge in [-0.2, -0.15) is 0 Å². The SMILES string of the molecule is COC(=O)c1cc(NC(=O)C2CN(S(=O)(=O)c3ccc(Cl)cc3)c3ccccc3O2)cc(C(=O)OC)c1. The van der Waals surface area contributed by atoms with Gasteiger partial charge < -0.3 is 19.5 Å². The molecule has 0 spiro atoms. The van der Waals surface area contributed by atoms with Gasteiger partial charge in [0.15, 0.2) is 6.10 Å². The van der Waals surface area contributed by atoms with Crippen molar-refractivity contribution >= 4 is 50.8 Å². The van der Waals surface area contributed by atoms with Crippen LogP contribution in [0.15, 0.2) is 71.6 Å². The first-order chi connectivity index (χ1) is 17.6. The van der Waals surface area contributed by atoms with E-state index in [-0.39, 0.29) is 39.7 Å². The highest BCUT2D eigenvalue weighted by atomic mass is 35.5. The number of carbonyl (C=O) groups is 3. The number of methoxy groups -OCH3 is 2. The van der Waals surface area contributed by atoms with Gasteiger partial charge in [-0.15, -0.1) is 0 Å². The second-order valence-corrected chi connectivity index (χ2v) is 10.1. The zero-order valence-corrected chi connectivity index (χ0v) is 21.2. The van der Waals surface area contributed by atoms with Crippen LogP contribution in [0.4, 0.5) is 11.4 Å². The molecule has 10 nitrogen and oxygen atoms in total. The lowest BCUT2D eigenvalue weighted by Gasteiger charge is -2.34. The average Bonchev–Trinajstić information content (AvgIpc) is 2.91. The maximum absolute atomic E-state index is 13.5. The largest absolute Gasteiger partial charge is 0.476 e. The van der Waals surface area contributed by atoms with Crippen molar-refractivity contribution in [2.75, 3.05) is 30.4 Å². The van der Waals surface area contributed by atoms with Crippen LogP contribution in [-0.2, 0) is 24.3 Å². The predicted molar refractivity (Wildman–Crippen MR) is 135 cm³/mol. The molecule has 0 radical (unpaired) electrons. The summed E-state index contributed by atoms with van der Waals surface area (Å²) in [5.74, 6) is -1.98. The molecule has 1 aliphatic heterocycles. The third-order valence-electron chi connectivity index (χ3n) is 5.47. The number of sulfonamides is 1. The topological polar surface area (TPSA) is 128 Å². The number of hydrogen-bond donors (Lipinski definition) is 1. The number of fused-ring (bicyclic) bond motifs is 1. The molecule has 1 heterocycles. The number of nitrogens with zero attached hydrogens (tertiary/aromatic N) is 1. The summed E-state index contributed by atoms with van der Waals surface area (Å²) in [6.07, 6.45) is -1.26. The van der Waals surface area contributed by atoms with Crippen LogP contribution in [-0.4, -0.2) is 53.1 Å². The van der Waals surface area contributed by atoms with Gasteiger partial charge in [-0.1, -0.05) is 23.7 Å². The molecule has 37 heavy (non-hydrogen) atoms. The molecule has 12 heteroatoms. The number of amides is 1. The number of para-hydroxylation sites is 2. The molecule has 1 unspecified atom stereocenters. The third kappa shape index (κ3) is 5.37. The number of halogens is 1. The van der Waals surface area contributed by atoms with E-state index in [1.807, 2.05) is 0 Å². The van der Waals surface area contributed by atoms with Gasteiger partial charge in [0.05, 0.1) is 42.5 Å². The lowest BCUT2D eigenvalue weighted by atomic mass is 10.1. The van der Waals surface area contributed by atoms with Crippen molar-refractivity contribution < 1.29 is 37.0 Å². The summed E-state index contributed by atoms with van der Waals surface area (Å²) in [7, 11) is -1.73. The van der Waals surface area contributed by atoms with Crippen LogP contribution in [0.5, 0.6) is 5.75 Å². The first kappa shape index (κ1) is 26.0. The van der Waals surface area contributed by atoms with Crippen LogP contribution >= 0.6 is 11.6 Å². The van der Waals surface area contributed by atoms with E-state index in [0.717, 1.165) is 4.31 Å². The fourth-order valence-electron chi connectivity index (χ4n) is 3.69. The highest BCUT2D eigenvalue weighted by Crippen LogP contribution is 2.37. The van der Waals surface area contributed by atoms with E-state index < -0.39 is 34.0 Å². The van der Waals surface area contributed by atoms with E-state index in [2.05, 4.69) is 5.32 Å². The van der Waals surface area contributed by atoms with Crippen molar-refractivity contribution in [3.8, 4) is 5.75 Å². The Bertz CT molecular complexity index is 1440. The van der Waals surface area contributed by atoms with Crippen molar-refractivity contribution in [3.63, 3.8) is 0 Å². The van der Waals surface area contributed by atoms with Gasteiger partial charge in [-0.25, -0.2) is 18.0 Å². The van der Waals surface area contributed by atoms with Crippen molar-refractivity contribution in [2.24, 2.45) is 0 Å². The maximum atomic E-state index is 13.5. The van der Waals surface area contributed by atoms with E-state index in [1.165, 1.54) is 56.7 Å². The van der Waals surface area contributed by atoms with Crippen LogP contribution in [0.2, 0.25) is 5.02 Å². The molecule has 1 amide bonds. The number of rotatable bonds is 6. The molecule has 3 aromatic rings. The Hall–Kier alpha value is -4.09. The standard InChI is InChI=1S/C25H21ClN2O8S/c1-34-24(30)15-11-16(25(31)35-2)13-18(12-15)27-23(29)22-14-28(20-5-3-4-6-21(20)36-22)37(32,33)19-9-7-17(26)8-10-19/h3-13,22H,14H2,1-2H3,(H,27,29). The second kappa shape index (κ2) is 10.5. The van der Waals surface area contributed by atoms with E-state index in [9.17, 15) is 22.8 Å². The monoisotopic (exact) mass is 544 g/mol. The molecule has 0 saturated heterocycles. The van der Waals surface area contributed by atoms with Gasteiger partial charge in [0.1, 0.15) is 5.75 Å². The van der Waals surface area contributed by atoms with Crippen molar-refractivity contribution in [2.45, 2.75) is 11.0 Å². The minimum absolute atomic E-state index is 0.00236. The molecule has 0 saturated carbocycles. The summed E-state index contributed by atoms with van der Waals surface area (Å²) < 4.78 is 43.3. The molecule has 0 aliphatic carbocycles. The molecule has 1 aliphatic rings. The smallest absolute Gasteiger partial charge is 0.337 e. The molecular weight excluding hydrogens is 524 g/mol. The summed E-state index contributed by atoms with van der Waals surface area (Å²) in [6.45, 7) is -0.339. The summed E-state index contributed by atoms with van der Waals surface area (Å²) in [4.78, 5) is 37.4. The highest BCUT2D eigenvalue weighted by molar-refractivity contribution is 7.92. The number of esters is 2. The van der Waals surface area contributed by atoms with Crippen molar-refractivity contribution in [3.05, 3.63) is 82.9 Å². The Morgan fingerprint density at radius 3 is 2.14 bits per heavy atom. The van der Waals surface area contributed by atoms with Gasteiger partial charge in [-0.05, 0) is 54.6 Å². The minimum atomic E-state index is -4.08. The number of nitrogens with one attached hydrogen (secondary N) is 1. The second-order valence-electron chi connectivity index (χ2n) is 7.84. The first-order valence-corrected chi connectivity index (χ1v) is 12.6. The lowest BCUT2D eigenvalue weighted by Crippen LogP contribution is -2.48. The van der Waals surface area contributed by atoms with E-state index >= 15 is 0 Å². The number of carbonyl (C=O) groups excluding carboxylic acids is 3. The van der Waals surface area contributed by atoms with Gasteiger partial charge in [0.25, 0.3) is 15.9 Å². The Kier molecular flexibility index (Phi) is 7.37. The van der Waals surface area contributed by atoms with Crippen molar-refractivity contribution in [1.82, 2.24) is 0 Å². The van der Waals surface area contributed by atoms with Gasteiger partial charge in [0.2, 0.25) is 0 Å². The Morgan fingerprint density at radius 2 is 1.54 bits per heavy atom. The Balaban J connectivity index is 1.66. The normalized spacial score (nSPS) is 14.7. The van der Waals surface area contributed by atoms with Gasteiger partial charge >= 0.3 is 11.9 Å². The summed E-state index contributed by atoms with van der Waals surface area (Å²) in [6, 6.07) is 16.0. The van der Waals surface area contributed by atoms with Gasteiger partial charge in [0, 0.05) is 10.7 Å². The van der Waals surface area contributed by atoms with Crippen LogP contribution < -0.4 is 14.4 Å².